The van der Waals surface area contributed by atoms with E-state index in [1.807, 2.05) is 21.0 Å². The van der Waals surface area contributed by atoms with Gasteiger partial charge in [0, 0.05) is 13.2 Å². The van der Waals surface area contributed by atoms with Gasteiger partial charge in [-0.25, -0.2) is 0 Å². The SMILES string of the molecule is CC.COC1CC2(CCN(C3CCC(C)CC3)CC2)C1. The van der Waals surface area contributed by atoms with Gasteiger partial charge in [-0.2, -0.15) is 0 Å². The molecule has 0 aromatic rings. The zero-order valence-corrected chi connectivity index (χ0v) is 14.2. The highest BCUT2D eigenvalue weighted by atomic mass is 16.5. The lowest BCUT2D eigenvalue weighted by Gasteiger charge is -2.53. The number of piperidine rings is 1. The minimum Gasteiger partial charge on any atom is -0.381 e. The van der Waals surface area contributed by atoms with Crippen molar-refractivity contribution in [3.05, 3.63) is 0 Å². The first-order valence-corrected chi connectivity index (χ1v) is 8.98. The molecule has 3 fully saturated rings. The van der Waals surface area contributed by atoms with E-state index in [1.165, 1.54) is 64.5 Å². The molecule has 2 saturated carbocycles. The molecule has 3 aliphatic rings. The summed E-state index contributed by atoms with van der Waals surface area (Å²) in [4.78, 5) is 2.80. The van der Waals surface area contributed by atoms with Crippen molar-refractivity contribution in [2.45, 2.75) is 84.3 Å². The third-order valence-corrected chi connectivity index (χ3v) is 6.02. The highest BCUT2D eigenvalue weighted by Gasteiger charge is 2.46. The van der Waals surface area contributed by atoms with Gasteiger partial charge >= 0.3 is 0 Å². The number of ether oxygens (including phenoxy) is 1. The summed E-state index contributed by atoms with van der Waals surface area (Å²) in [5, 5.41) is 0. The molecule has 1 saturated heterocycles. The van der Waals surface area contributed by atoms with Crippen LogP contribution < -0.4 is 0 Å². The normalized spacial score (nSPS) is 34.2. The third-order valence-electron chi connectivity index (χ3n) is 6.02. The molecule has 2 nitrogen and oxygen atoms in total. The minimum absolute atomic E-state index is 0.576. The van der Waals surface area contributed by atoms with E-state index in [0.717, 1.165) is 12.0 Å². The summed E-state index contributed by atoms with van der Waals surface area (Å²) in [5.74, 6) is 0.978. The Kier molecular flexibility index (Phi) is 5.92. The molecule has 0 aromatic carbocycles. The standard InChI is InChI=1S/C16H29NO.C2H6/c1-13-3-5-14(6-4-13)17-9-7-16(8-10-17)11-15(12-16)18-2;1-2/h13-15H,3-12H2,1-2H3;1-2H3. The van der Waals surface area contributed by atoms with Crippen molar-refractivity contribution in [2.24, 2.45) is 11.3 Å². The Labute approximate surface area is 126 Å². The zero-order valence-electron chi connectivity index (χ0n) is 14.2. The molecule has 2 aliphatic carbocycles. The van der Waals surface area contributed by atoms with Crippen LogP contribution in [0.4, 0.5) is 0 Å². The Morgan fingerprint density at radius 3 is 2.00 bits per heavy atom. The van der Waals surface area contributed by atoms with Crippen molar-refractivity contribution in [3.8, 4) is 0 Å². The van der Waals surface area contributed by atoms with Gasteiger partial charge in [0.05, 0.1) is 6.10 Å². The Balaban J connectivity index is 0.000000704. The van der Waals surface area contributed by atoms with Crippen LogP contribution >= 0.6 is 0 Å². The maximum absolute atomic E-state index is 5.46. The van der Waals surface area contributed by atoms with Gasteiger partial charge in [0.1, 0.15) is 0 Å². The van der Waals surface area contributed by atoms with Crippen molar-refractivity contribution in [2.75, 3.05) is 20.2 Å². The van der Waals surface area contributed by atoms with E-state index in [9.17, 15) is 0 Å². The predicted molar refractivity (Wildman–Crippen MR) is 86.0 cm³/mol. The molecule has 0 bridgehead atoms. The first-order valence-electron chi connectivity index (χ1n) is 8.98. The third kappa shape index (κ3) is 3.57. The molecule has 1 heterocycles. The number of hydrogen-bond donors (Lipinski definition) is 0. The smallest absolute Gasteiger partial charge is 0.0582 e. The number of methoxy groups -OCH3 is 1. The Morgan fingerprint density at radius 1 is 0.950 bits per heavy atom. The summed E-state index contributed by atoms with van der Waals surface area (Å²) >= 11 is 0. The van der Waals surface area contributed by atoms with Crippen molar-refractivity contribution < 1.29 is 4.74 Å². The fourth-order valence-electron chi connectivity index (χ4n) is 4.45. The molecule has 20 heavy (non-hydrogen) atoms. The fraction of sp³-hybridized carbons (Fsp3) is 1.00. The molecule has 118 valence electrons. The quantitative estimate of drug-likeness (QED) is 0.740. The molecule has 0 atom stereocenters. The summed E-state index contributed by atoms with van der Waals surface area (Å²) in [6.45, 7) is 9.13. The van der Waals surface area contributed by atoms with Crippen LogP contribution in [-0.4, -0.2) is 37.2 Å². The Bertz CT molecular complexity index is 267. The Hall–Kier alpha value is -0.0800. The van der Waals surface area contributed by atoms with E-state index in [-0.39, 0.29) is 0 Å². The number of rotatable bonds is 2. The summed E-state index contributed by atoms with van der Waals surface area (Å²) in [5.41, 5.74) is 0.680. The monoisotopic (exact) mass is 281 g/mol. The Morgan fingerprint density at radius 2 is 1.50 bits per heavy atom. The molecule has 0 radical (unpaired) electrons. The van der Waals surface area contributed by atoms with E-state index in [4.69, 9.17) is 4.74 Å². The number of nitrogens with zero attached hydrogens (tertiary/aromatic N) is 1. The van der Waals surface area contributed by atoms with Crippen LogP contribution in [0.15, 0.2) is 0 Å². The number of likely N-dealkylation sites (tertiary alicyclic amines) is 1. The predicted octanol–water partition coefficient (Wildman–Crippen LogP) is 4.48. The van der Waals surface area contributed by atoms with E-state index < -0.39 is 0 Å². The molecular formula is C18H35NO. The van der Waals surface area contributed by atoms with E-state index in [1.54, 1.807) is 0 Å². The van der Waals surface area contributed by atoms with Crippen molar-refractivity contribution in [3.63, 3.8) is 0 Å². The molecule has 2 heteroatoms. The van der Waals surface area contributed by atoms with Crippen LogP contribution in [-0.2, 0) is 4.74 Å². The zero-order chi connectivity index (χ0) is 14.6. The van der Waals surface area contributed by atoms with Crippen molar-refractivity contribution in [1.29, 1.82) is 0 Å². The lowest BCUT2D eigenvalue weighted by Crippen LogP contribution is -2.52. The van der Waals surface area contributed by atoms with Gasteiger partial charge in [-0.1, -0.05) is 20.8 Å². The molecular weight excluding hydrogens is 246 g/mol. The molecule has 0 unspecified atom stereocenters. The lowest BCUT2D eigenvalue weighted by atomic mass is 9.61. The maximum atomic E-state index is 5.46. The first kappa shape index (κ1) is 16.3. The van der Waals surface area contributed by atoms with Crippen LogP contribution in [0.1, 0.15) is 72.1 Å². The second-order valence-corrected chi connectivity index (χ2v) is 7.22. The van der Waals surface area contributed by atoms with Crippen molar-refractivity contribution >= 4 is 0 Å². The van der Waals surface area contributed by atoms with E-state index in [2.05, 4.69) is 11.8 Å². The first-order chi connectivity index (χ1) is 9.71. The molecule has 3 rings (SSSR count). The summed E-state index contributed by atoms with van der Waals surface area (Å²) in [6, 6.07) is 0.914. The highest BCUT2D eigenvalue weighted by Crippen LogP contribution is 2.50. The van der Waals surface area contributed by atoms with E-state index in [0.29, 0.717) is 11.5 Å². The average Bonchev–Trinajstić information content (AvgIpc) is 2.48. The fourth-order valence-corrected chi connectivity index (χ4v) is 4.45. The van der Waals surface area contributed by atoms with Gasteiger partial charge < -0.3 is 9.64 Å². The average molecular weight is 281 g/mol. The number of hydrogen-bond acceptors (Lipinski definition) is 2. The minimum atomic E-state index is 0.576. The van der Waals surface area contributed by atoms with Gasteiger partial charge in [0.25, 0.3) is 0 Å². The molecule has 0 aromatic heterocycles. The summed E-state index contributed by atoms with van der Waals surface area (Å²) < 4.78 is 5.46. The second kappa shape index (κ2) is 7.26. The summed E-state index contributed by atoms with van der Waals surface area (Å²) in [6.07, 6.45) is 11.9. The van der Waals surface area contributed by atoms with Crippen molar-refractivity contribution in [1.82, 2.24) is 4.90 Å². The van der Waals surface area contributed by atoms with Gasteiger partial charge in [-0.3, -0.25) is 0 Å². The van der Waals surface area contributed by atoms with Gasteiger partial charge in [-0.15, -0.1) is 0 Å². The van der Waals surface area contributed by atoms with Gasteiger partial charge in [0.2, 0.25) is 0 Å². The molecule has 1 spiro atoms. The van der Waals surface area contributed by atoms with E-state index >= 15 is 0 Å². The van der Waals surface area contributed by atoms with Gasteiger partial charge in [0.15, 0.2) is 0 Å². The van der Waals surface area contributed by atoms with Crippen LogP contribution in [0.2, 0.25) is 0 Å². The molecule has 0 N–H and O–H groups in total. The highest BCUT2D eigenvalue weighted by molar-refractivity contribution is 4.98. The largest absolute Gasteiger partial charge is 0.381 e. The van der Waals surface area contributed by atoms with Gasteiger partial charge in [-0.05, 0) is 75.8 Å². The lowest BCUT2D eigenvalue weighted by molar-refractivity contribution is -0.0934. The topological polar surface area (TPSA) is 12.5 Å². The maximum Gasteiger partial charge on any atom is 0.0582 e. The second-order valence-electron chi connectivity index (χ2n) is 7.22. The van der Waals surface area contributed by atoms with Crippen LogP contribution in [0.5, 0.6) is 0 Å². The summed E-state index contributed by atoms with van der Waals surface area (Å²) in [7, 11) is 1.87. The van der Waals surface area contributed by atoms with Crippen LogP contribution in [0.3, 0.4) is 0 Å². The van der Waals surface area contributed by atoms with Crippen LogP contribution in [0, 0.1) is 11.3 Å². The molecule has 1 aliphatic heterocycles. The molecule has 0 amide bonds. The van der Waals surface area contributed by atoms with Crippen LogP contribution in [0.25, 0.3) is 0 Å².